The molecule has 0 bridgehead atoms. The van der Waals surface area contributed by atoms with E-state index in [4.69, 9.17) is 0 Å². The molecule has 0 aliphatic heterocycles. The summed E-state index contributed by atoms with van der Waals surface area (Å²) >= 11 is 0. The van der Waals surface area contributed by atoms with Crippen LogP contribution in [-0.2, 0) is 0 Å². The minimum Gasteiger partial charge on any atom is -0.276 e. The smallest absolute Gasteiger partial charge is 0.115 e. The van der Waals surface area contributed by atoms with Crippen molar-refractivity contribution in [3.05, 3.63) is 72.3 Å². The van der Waals surface area contributed by atoms with Gasteiger partial charge in [-0.05, 0) is 55.2 Å². The maximum atomic E-state index is 4.47. The van der Waals surface area contributed by atoms with Crippen LogP contribution in [0, 0.1) is 0 Å². The molecule has 0 N–H and O–H groups in total. The minimum absolute atomic E-state index is 0.0248. The average Bonchev–Trinajstić information content (AvgIpc) is 3.04. The first kappa shape index (κ1) is 37.5. The second-order valence-corrected chi connectivity index (χ2v) is 14.7. The van der Waals surface area contributed by atoms with Crippen LogP contribution >= 0.6 is 0 Å². The van der Waals surface area contributed by atoms with Crippen molar-refractivity contribution in [2.45, 2.75) is 124 Å². The van der Waals surface area contributed by atoms with E-state index in [1.807, 2.05) is 0 Å². The van der Waals surface area contributed by atoms with E-state index in [-0.39, 0.29) is 5.41 Å². The molecule has 4 heteroatoms. The van der Waals surface area contributed by atoms with E-state index in [0.29, 0.717) is 0 Å². The molecule has 0 heterocycles. The first-order valence-electron chi connectivity index (χ1n) is 18.1. The molecule has 242 valence electrons. The lowest BCUT2D eigenvalue weighted by Crippen LogP contribution is -2.75. The van der Waals surface area contributed by atoms with Crippen LogP contribution in [0.5, 0.6) is 0 Å². The molecule has 0 radical (unpaired) electrons. The predicted molar refractivity (Wildman–Crippen MR) is 196 cm³/mol. The Labute approximate surface area is 270 Å². The fourth-order valence-corrected chi connectivity index (χ4v) is 8.98. The standard InChI is InChI=1S/C39H67N3Si/c1-8-14-29-40(30-15-9-2)39(41(31-16-10-3)32-17-11-4,42(33-18-12-5)34-19-13-6)43-38-27-25-37(26-28-38)35(7)36-23-21-20-22-24-36/h20-28H,7-19,29-34,43H2,1-6H3. The van der Waals surface area contributed by atoms with Crippen molar-refractivity contribution in [3.63, 3.8) is 0 Å². The summed E-state index contributed by atoms with van der Waals surface area (Å²) in [6, 6.07) is 20.3. The Morgan fingerprint density at radius 1 is 0.512 bits per heavy atom. The molecular weight excluding hydrogens is 539 g/mol. The SMILES string of the molecule is C=C(c1ccccc1)c1ccc([SiH2]C(N(CCCC)CCCC)(N(CCCC)CCCC)N(CCCC)CCCC)cc1. The molecule has 0 saturated carbocycles. The number of unbranched alkanes of at least 4 members (excludes halogenated alkanes) is 6. The van der Waals surface area contributed by atoms with Crippen LogP contribution < -0.4 is 5.19 Å². The molecular formula is C39H67N3Si. The van der Waals surface area contributed by atoms with Crippen LogP contribution in [0.25, 0.3) is 5.57 Å². The maximum Gasteiger partial charge on any atom is 0.115 e. The third kappa shape index (κ3) is 11.6. The van der Waals surface area contributed by atoms with Crippen molar-refractivity contribution in [1.82, 2.24) is 14.7 Å². The van der Waals surface area contributed by atoms with E-state index in [0.717, 1.165) is 5.57 Å². The van der Waals surface area contributed by atoms with Gasteiger partial charge in [0.05, 0.1) is 0 Å². The molecule has 0 aromatic heterocycles. The summed E-state index contributed by atoms with van der Waals surface area (Å²) in [6.45, 7) is 25.9. The van der Waals surface area contributed by atoms with Gasteiger partial charge in [0, 0.05) is 39.3 Å². The van der Waals surface area contributed by atoms with Gasteiger partial charge in [-0.2, -0.15) is 0 Å². The quantitative estimate of drug-likeness (QED) is 0.0827. The van der Waals surface area contributed by atoms with Crippen molar-refractivity contribution in [3.8, 4) is 0 Å². The van der Waals surface area contributed by atoms with Gasteiger partial charge in [0.2, 0.25) is 0 Å². The van der Waals surface area contributed by atoms with E-state index in [9.17, 15) is 0 Å². The first-order chi connectivity index (χ1) is 21.0. The van der Waals surface area contributed by atoms with Gasteiger partial charge in [-0.3, -0.25) is 14.7 Å². The van der Waals surface area contributed by atoms with Crippen LogP contribution in [0.3, 0.4) is 0 Å². The van der Waals surface area contributed by atoms with Crippen LogP contribution in [0.15, 0.2) is 61.2 Å². The highest BCUT2D eigenvalue weighted by molar-refractivity contribution is 6.56. The first-order valence-corrected chi connectivity index (χ1v) is 19.5. The molecule has 2 aromatic rings. The topological polar surface area (TPSA) is 9.72 Å². The van der Waals surface area contributed by atoms with Crippen molar-refractivity contribution in [1.29, 1.82) is 0 Å². The molecule has 0 aliphatic rings. The van der Waals surface area contributed by atoms with Gasteiger partial charge in [0.15, 0.2) is 0 Å². The summed E-state index contributed by atoms with van der Waals surface area (Å²) in [5.41, 5.74) is 3.60. The number of nitrogens with zero attached hydrogens (tertiary/aromatic N) is 3. The predicted octanol–water partition coefficient (Wildman–Crippen LogP) is 8.86. The number of rotatable bonds is 25. The fourth-order valence-electron chi connectivity index (χ4n) is 6.34. The lowest BCUT2D eigenvalue weighted by Gasteiger charge is -2.58. The van der Waals surface area contributed by atoms with Crippen LogP contribution in [0.4, 0.5) is 0 Å². The van der Waals surface area contributed by atoms with E-state index in [2.05, 4.69) is 117 Å². The van der Waals surface area contributed by atoms with Gasteiger partial charge < -0.3 is 0 Å². The van der Waals surface area contributed by atoms with Gasteiger partial charge in [-0.25, -0.2) is 0 Å². The normalized spacial score (nSPS) is 12.4. The summed E-state index contributed by atoms with van der Waals surface area (Å²) < 4.78 is 0. The summed E-state index contributed by atoms with van der Waals surface area (Å²) in [5.74, 6) is 0. The van der Waals surface area contributed by atoms with E-state index in [1.165, 1.54) is 127 Å². The average molecular weight is 606 g/mol. The monoisotopic (exact) mass is 606 g/mol. The highest BCUT2D eigenvalue weighted by atomic mass is 28.2. The highest BCUT2D eigenvalue weighted by Crippen LogP contribution is 2.30. The summed E-state index contributed by atoms with van der Waals surface area (Å²) in [6.07, 6.45) is 15.2. The Balaban J connectivity index is 2.71. The lowest BCUT2D eigenvalue weighted by molar-refractivity contribution is -0.114. The fraction of sp³-hybridized carbons (Fsp3) is 0.641. The minimum atomic E-state index is -0.770. The second-order valence-electron chi connectivity index (χ2n) is 12.6. The van der Waals surface area contributed by atoms with Gasteiger partial charge in [-0.15, -0.1) is 0 Å². The van der Waals surface area contributed by atoms with Gasteiger partial charge >= 0.3 is 0 Å². The molecule has 0 amide bonds. The largest absolute Gasteiger partial charge is 0.276 e. The molecule has 0 unspecified atom stereocenters. The van der Waals surface area contributed by atoms with Crippen LogP contribution in [0.1, 0.15) is 130 Å². The zero-order chi connectivity index (χ0) is 31.3. The Morgan fingerprint density at radius 2 is 0.837 bits per heavy atom. The van der Waals surface area contributed by atoms with Crippen molar-refractivity contribution in [2.75, 3.05) is 39.3 Å². The van der Waals surface area contributed by atoms with Crippen molar-refractivity contribution >= 4 is 20.3 Å². The summed E-state index contributed by atoms with van der Waals surface area (Å²) in [7, 11) is -0.770. The zero-order valence-corrected chi connectivity index (χ0v) is 30.6. The number of benzene rings is 2. The Morgan fingerprint density at radius 3 is 1.16 bits per heavy atom. The van der Waals surface area contributed by atoms with Crippen LogP contribution in [-0.4, -0.2) is 68.9 Å². The van der Waals surface area contributed by atoms with Crippen LogP contribution in [0.2, 0.25) is 0 Å². The van der Waals surface area contributed by atoms with E-state index in [1.54, 1.807) is 5.19 Å². The van der Waals surface area contributed by atoms with Crippen molar-refractivity contribution in [2.24, 2.45) is 0 Å². The zero-order valence-electron chi connectivity index (χ0n) is 29.2. The molecule has 0 aliphatic carbocycles. The molecule has 0 saturated heterocycles. The number of hydrogen-bond donors (Lipinski definition) is 0. The lowest BCUT2D eigenvalue weighted by atomic mass is 10.00. The third-order valence-corrected chi connectivity index (χ3v) is 11.8. The number of hydrogen-bond acceptors (Lipinski definition) is 3. The maximum absolute atomic E-state index is 4.47. The van der Waals surface area contributed by atoms with E-state index < -0.39 is 9.52 Å². The Bertz CT molecular complexity index is 899. The summed E-state index contributed by atoms with van der Waals surface area (Å²) in [5, 5.41) is 1.58. The van der Waals surface area contributed by atoms with Gasteiger partial charge in [-0.1, -0.05) is 146 Å². The highest BCUT2D eigenvalue weighted by Gasteiger charge is 2.46. The molecule has 2 rings (SSSR count). The van der Waals surface area contributed by atoms with Gasteiger partial charge in [0.1, 0.15) is 14.9 Å². The molecule has 3 nitrogen and oxygen atoms in total. The Kier molecular flexibility index (Phi) is 19.1. The molecule has 2 aromatic carbocycles. The van der Waals surface area contributed by atoms with E-state index >= 15 is 0 Å². The Hall–Kier alpha value is -1.72. The molecule has 43 heavy (non-hydrogen) atoms. The summed E-state index contributed by atoms with van der Waals surface area (Å²) in [4.78, 5) is 9.04. The molecule has 0 atom stereocenters. The van der Waals surface area contributed by atoms with Gasteiger partial charge in [0.25, 0.3) is 0 Å². The molecule has 0 fully saturated rings. The second kappa shape index (κ2) is 21.9. The van der Waals surface area contributed by atoms with Crippen molar-refractivity contribution < 1.29 is 0 Å². The molecule has 0 spiro atoms. The third-order valence-electron chi connectivity index (χ3n) is 9.07.